The molecule has 2 aromatic rings. The van der Waals surface area contributed by atoms with E-state index in [-0.39, 0.29) is 0 Å². The van der Waals surface area contributed by atoms with E-state index in [4.69, 9.17) is 4.74 Å². The maximum atomic E-state index is 5.66. The molecule has 1 aliphatic rings. The molecule has 3 rings (SSSR count). The van der Waals surface area contributed by atoms with E-state index < -0.39 is 0 Å². The highest BCUT2D eigenvalue weighted by atomic mass is 16.5. The number of benzene rings is 1. The average Bonchev–Trinajstić information content (AvgIpc) is 3.31. The lowest BCUT2D eigenvalue weighted by molar-refractivity contribution is 0.339. The number of ether oxygens (including phenoxy) is 1. The van der Waals surface area contributed by atoms with Gasteiger partial charge >= 0.3 is 0 Å². The molecule has 0 radical (unpaired) electrons. The smallest absolute Gasteiger partial charge is 0.222 e. The second kappa shape index (κ2) is 5.90. The molecule has 0 bridgehead atoms. The van der Waals surface area contributed by atoms with Gasteiger partial charge in [0.1, 0.15) is 5.75 Å². The highest BCUT2D eigenvalue weighted by Gasteiger charge is 2.24. The fourth-order valence-corrected chi connectivity index (χ4v) is 2.26. The molecule has 4 nitrogen and oxygen atoms in total. The zero-order valence-electron chi connectivity index (χ0n) is 11.7. The van der Waals surface area contributed by atoms with Gasteiger partial charge in [0.05, 0.1) is 6.61 Å². The monoisotopic (exact) mass is 269 g/mol. The number of nitrogens with zero attached hydrogens (tertiary/aromatic N) is 2. The quantitative estimate of drug-likeness (QED) is 0.873. The van der Waals surface area contributed by atoms with Gasteiger partial charge in [0.2, 0.25) is 5.95 Å². The van der Waals surface area contributed by atoms with Crippen LogP contribution in [0.4, 0.5) is 5.95 Å². The molecule has 1 N–H and O–H groups in total. The predicted molar refractivity (Wildman–Crippen MR) is 78.9 cm³/mol. The molecule has 0 unspecified atom stereocenters. The average molecular weight is 269 g/mol. The Morgan fingerprint density at radius 1 is 1.20 bits per heavy atom. The highest BCUT2D eigenvalue weighted by Crippen LogP contribution is 2.41. The number of aromatic nitrogens is 2. The third-order valence-corrected chi connectivity index (χ3v) is 3.36. The summed E-state index contributed by atoms with van der Waals surface area (Å²) in [6.45, 7) is 3.42. The summed E-state index contributed by atoms with van der Waals surface area (Å²) < 4.78 is 5.66. The molecule has 20 heavy (non-hydrogen) atoms. The van der Waals surface area contributed by atoms with Gasteiger partial charge in [0.15, 0.2) is 0 Å². The minimum Gasteiger partial charge on any atom is -0.494 e. The minimum atomic E-state index is 0.655. The van der Waals surface area contributed by atoms with Crippen molar-refractivity contribution in [1.29, 1.82) is 0 Å². The molecule has 4 heteroatoms. The Kier molecular flexibility index (Phi) is 3.81. The first-order valence-electron chi connectivity index (χ1n) is 7.12. The fourth-order valence-electron chi connectivity index (χ4n) is 2.26. The van der Waals surface area contributed by atoms with Crippen LogP contribution in [0.5, 0.6) is 5.75 Å². The fraction of sp³-hybridized carbons (Fsp3) is 0.375. The van der Waals surface area contributed by atoms with Crippen molar-refractivity contribution in [2.24, 2.45) is 0 Å². The zero-order chi connectivity index (χ0) is 13.8. The second-order valence-electron chi connectivity index (χ2n) is 5.04. The lowest BCUT2D eigenvalue weighted by Gasteiger charge is -2.10. The third-order valence-electron chi connectivity index (χ3n) is 3.36. The molecule has 1 heterocycles. The second-order valence-corrected chi connectivity index (χ2v) is 5.04. The molecule has 0 saturated heterocycles. The van der Waals surface area contributed by atoms with Crippen LogP contribution in [0.15, 0.2) is 36.7 Å². The number of nitrogens with one attached hydrogen (secondary N) is 1. The van der Waals surface area contributed by atoms with E-state index in [2.05, 4.69) is 33.5 Å². The molecule has 0 amide bonds. The Balaban J connectivity index is 1.74. The predicted octanol–water partition coefficient (Wildman–Crippen LogP) is 3.36. The first-order valence-corrected chi connectivity index (χ1v) is 7.12. The third kappa shape index (κ3) is 3.26. The van der Waals surface area contributed by atoms with Crippen molar-refractivity contribution in [2.75, 3.05) is 11.9 Å². The van der Waals surface area contributed by atoms with Crippen molar-refractivity contribution >= 4 is 5.95 Å². The molecule has 1 fully saturated rings. The topological polar surface area (TPSA) is 47.0 Å². The summed E-state index contributed by atoms with van der Waals surface area (Å²) in [5.41, 5.74) is 2.60. The van der Waals surface area contributed by atoms with Crippen molar-refractivity contribution in [3.63, 3.8) is 0 Å². The summed E-state index contributed by atoms with van der Waals surface area (Å²) in [6.07, 6.45) is 6.07. The van der Waals surface area contributed by atoms with E-state index >= 15 is 0 Å². The van der Waals surface area contributed by atoms with Crippen LogP contribution < -0.4 is 10.1 Å². The van der Waals surface area contributed by atoms with Crippen LogP contribution in [0.25, 0.3) is 0 Å². The summed E-state index contributed by atoms with van der Waals surface area (Å²) >= 11 is 0. The van der Waals surface area contributed by atoms with Crippen LogP contribution in [0, 0.1) is 0 Å². The van der Waals surface area contributed by atoms with Gasteiger partial charge in [-0.15, -0.1) is 0 Å². The van der Waals surface area contributed by atoms with Gasteiger partial charge in [0.25, 0.3) is 0 Å². The van der Waals surface area contributed by atoms with E-state index in [0.717, 1.165) is 11.7 Å². The molecule has 0 atom stereocenters. The van der Waals surface area contributed by atoms with Crippen LogP contribution in [-0.4, -0.2) is 16.6 Å². The molecular formula is C16H19N3O. The normalized spacial score (nSPS) is 14.1. The van der Waals surface area contributed by atoms with Crippen LogP contribution in [0.2, 0.25) is 0 Å². The summed E-state index contributed by atoms with van der Waals surface area (Å²) in [4.78, 5) is 8.34. The Hall–Kier alpha value is -2.10. The summed E-state index contributed by atoms with van der Waals surface area (Å²) in [5.74, 6) is 2.34. The SMILES string of the molecule is CCOc1cc(CNc2ncccn2)cc(C2CC2)c1. The summed E-state index contributed by atoms with van der Waals surface area (Å²) in [7, 11) is 0. The molecule has 104 valence electrons. The summed E-state index contributed by atoms with van der Waals surface area (Å²) in [6, 6.07) is 8.33. The molecule has 1 aromatic heterocycles. The van der Waals surface area contributed by atoms with Gasteiger partial charge in [-0.25, -0.2) is 9.97 Å². The van der Waals surface area contributed by atoms with Gasteiger partial charge in [-0.2, -0.15) is 0 Å². The van der Waals surface area contributed by atoms with Gasteiger partial charge in [-0.1, -0.05) is 6.07 Å². The van der Waals surface area contributed by atoms with Crippen molar-refractivity contribution in [2.45, 2.75) is 32.2 Å². The Morgan fingerprint density at radius 3 is 2.70 bits per heavy atom. The van der Waals surface area contributed by atoms with Gasteiger partial charge < -0.3 is 10.1 Å². The Morgan fingerprint density at radius 2 is 2.00 bits per heavy atom. The van der Waals surface area contributed by atoms with E-state index in [1.54, 1.807) is 12.4 Å². The van der Waals surface area contributed by atoms with Gasteiger partial charge in [-0.3, -0.25) is 0 Å². The molecule has 0 spiro atoms. The van der Waals surface area contributed by atoms with Crippen LogP contribution in [0.1, 0.15) is 36.8 Å². The van der Waals surface area contributed by atoms with Crippen molar-refractivity contribution < 1.29 is 4.74 Å². The largest absolute Gasteiger partial charge is 0.494 e. The number of rotatable bonds is 6. The minimum absolute atomic E-state index is 0.655. The Bertz CT molecular complexity index is 567. The van der Waals surface area contributed by atoms with E-state index in [9.17, 15) is 0 Å². The highest BCUT2D eigenvalue weighted by molar-refractivity contribution is 5.39. The first-order chi connectivity index (χ1) is 9.85. The number of hydrogen-bond acceptors (Lipinski definition) is 4. The first kappa shape index (κ1) is 12.9. The zero-order valence-corrected chi connectivity index (χ0v) is 11.7. The van der Waals surface area contributed by atoms with Crippen LogP contribution in [0.3, 0.4) is 0 Å². The molecule has 1 aliphatic carbocycles. The standard InChI is InChI=1S/C16H19N3O/c1-2-20-15-9-12(8-14(10-15)13-4-5-13)11-19-16-17-6-3-7-18-16/h3,6-10,13H,2,4-5,11H2,1H3,(H,17,18,19). The number of anilines is 1. The van der Waals surface area contributed by atoms with Crippen LogP contribution >= 0.6 is 0 Å². The lowest BCUT2D eigenvalue weighted by Crippen LogP contribution is -2.04. The van der Waals surface area contributed by atoms with Crippen molar-refractivity contribution in [1.82, 2.24) is 9.97 Å². The van der Waals surface area contributed by atoms with Gasteiger partial charge in [0, 0.05) is 18.9 Å². The maximum absolute atomic E-state index is 5.66. The maximum Gasteiger partial charge on any atom is 0.222 e. The van der Waals surface area contributed by atoms with Crippen molar-refractivity contribution in [3.8, 4) is 5.75 Å². The van der Waals surface area contributed by atoms with Crippen molar-refractivity contribution in [3.05, 3.63) is 47.8 Å². The van der Waals surface area contributed by atoms with E-state index in [0.29, 0.717) is 19.1 Å². The molecular weight excluding hydrogens is 250 g/mol. The number of hydrogen-bond donors (Lipinski definition) is 1. The molecule has 1 saturated carbocycles. The molecule has 0 aliphatic heterocycles. The van der Waals surface area contributed by atoms with E-state index in [1.165, 1.54) is 24.0 Å². The van der Waals surface area contributed by atoms with Gasteiger partial charge in [-0.05, 0) is 55.0 Å². The van der Waals surface area contributed by atoms with Crippen LogP contribution in [-0.2, 0) is 6.54 Å². The summed E-state index contributed by atoms with van der Waals surface area (Å²) in [5, 5.41) is 3.24. The molecule has 1 aromatic carbocycles. The Labute approximate surface area is 119 Å². The lowest BCUT2D eigenvalue weighted by atomic mass is 10.1. The van der Waals surface area contributed by atoms with E-state index in [1.807, 2.05) is 13.0 Å².